The van der Waals surface area contributed by atoms with Crippen molar-refractivity contribution in [1.29, 1.82) is 0 Å². The maximum atomic E-state index is 10.7. The number of amides is 1. The number of hydrogen-bond donors (Lipinski definition) is 1. The van der Waals surface area contributed by atoms with E-state index in [9.17, 15) is 4.79 Å². The van der Waals surface area contributed by atoms with Crippen LogP contribution in [0.2, 0.25) is 0 Å². The van der Waals surface area contributed by atoms with Crippen molar-refractivity contribution in [3.05, 3.63) is 24.3 Å². The molecule has 0 bridgehead atoms. The minimum Gasteiger partial charge on any atom is -0.494 e. The third-order valence-corrected chi connectivity index (χ3v) is 1.68. The summed E-state index contributed by atoms with van der Waals surface area (Å²) in [5.74, 6) is 0.814. The summed E-state index contributed by atoms with van der Waals surface area (Å²) in [5, 5.41) is 2.67. The molecule has 0 aromatic heterocycles. The largest absolute Gasteiger partial charge is 0.494 e. The molecule has 0 aliphatic rings. The normalized spacial score (nSPS) is 9.38. The Morgan fingerprint density at radius 2 is 2.08 bits per heavy atom. The molecule has 1 aromatic carbocycles. The summed E-state index contributed by atoms with van der Waals surface area (Å²) >= 11 is 1.69. The summed E-state index contributed by atoms with van der Waals surface area (Å²) in [5.41, 5.74) is 0.780. The van der Waals surface area contributed by atoms with Crippen LogP contribution in [0.15, 0.2) is 24.3 Å². The highest BCUT2D eigenvalue weighted by Gasteiger charge is 1.96. The lowest BCUT2D eigenvalue weighted by Gasteiger charge is -2.04. The molecule has 0 unspecified atom stereocenters. The van der Waals surface area contributed by atoms with Crippen molar-refractivity contribution in [1.82, 2.24) is 0 Å². The van der Waals surface area contributed by atoms with Crippen molar-refractivity contribution < 1.29 is 9.53 Å². The lowest BCUT2D eigenvalue weighted by atomic mass is 10.3. The number of halogens is 1. The Morgan fingerprint density at radius 1 is 1.46 bits per heavy atom. The predicted octanol–water partition coefficient (Wildman–Crippen LogP) is 3.05. The third kappa shape index (κ3) is 3.63. The summed E-state index contributed by atoms with van der Waals surface area (Å²) < 4.78 is 5.16. The Balaban J connectivity index is 2.64. The maximum absolute atomic E-state index is 10.7. The van der Waals surface area contributed by atoms with Crippen LogP contribution in [0.5, 0.6) is 5.75 Å². The second-order valence-electron chi connectivity index (χ2n) is 2.36. The summed E-state index contributed by atoms with van der Waals surface area (Å²) in [6.45, 7) is 2.58. The van der Waals surface area contributed by atoms with Gasteiger partial charge in [-0.1, -0.05) is 0 Å². The van der Waals surface area contributed by atoms with Gasteiger partial charge in [0.1, 0.15) is 5.75 Å². The molecule has 70 valence electrons. The highest BCUT2D eigenvalue weighted by atomic mass is 127. The number of nitrogens with one attached hydrogen (secondary N) is 1. The van der Waals surface area contributed by atoms with E-state index in [-0.39, 0.29) is 3.91 Å². The van der Waals surface area contributed by atoms with E-state index in [0.717, 1.165) is 11.4 Å². The Bertz CT molecular complexity index is 284. The van der Waals surface area contributed by atoms with Crippen LogP contribution in [-0.4, -0.2) is 10.5 Å². The number of ether oxygens (including phenoxy) is 1. The van der Waals surface area contributed by atoms with Gasteiger partial charge in [0.05, 0.1) is 6.61 Å². The number of benzene rings is 1. The minimum absolute atomic E-state index is 0.0956. The second-order valence-corrected chi connectivity index (χ2v) is 3.34. The van der Waals surface area contributed by atoms with Gasteiger partial charge in [-0.05, 0) is 31.2 Å². The van der Waals surface area contributed by atoms with E-state index in [2.05, 4.69) is 5.32 Å². The van der Waals surface area contributed by atoms with Gasteiger partial charge in [0.15, 0.2) is 0 Å². The highest BCUT2D eigenvalue weighted by Crippen LogP contribution is 2.15. The molecule has 0 atom stereocenters. The van der Waals surface area contributed by atoms with Crippen LogP contribution < -0.4 is 10.1 Å². The van der Waals surface area contributed by atoms with Gasteiger partial charge in [-0.15, -0.1) is 0 Å². The summed E-state index contributed by atoms with van der Waals surface area (Å²) in [4.78, 5) is 10.7. The molecule has 3 nitrogen and oxygen atoms in total. The first-order valence-corrected chi connectivity index (χ1v) is 4.99. The number of rotatable bonds is 3. The number of hydrogen-bond acceptors (Lipinski definition) is 2. The Morgan fingerprint density at radius 3 is 2.54 bits per heavy atom. The first-order chi connectivity index (χ1) is 6.22. The number of carbonyl (C=O) groups excluding carboxylic acids is 1. The van der Waals surface area contributed by atoms with Crippen molar-refractivity contribution in [3.8, 4) is 5.75 Å². The van der Waals surface area contributed by atoms with Crippen molar-refractivity contribution >= 4 is 32.2 Å². The molecule has 13 heavy (non-hydrogen) atoms. The molecule has 0 radical (unpaired) electrons. The monoisotopic (exact) mass is 291 g/mol. The Hall–Kier alpha value is -0.780. The van der Waals surface area contributed by atoms with Crippen LogP contribution in [0.1, 0.15) is 6.92 Å². The van der Waals surface area contributed by atoms with Crippen molar-refractivity contribution in [2.24, 2.45) is 0 Å². The van der Waals surface area contributed by atoms with Gasteiger partial charge in [0.2, 0.25) is 0 Å². The van der Waals surface area contributed by atoms with E-state index < -0.39 is 0 Å². The lowest BCUT2D eigenvalue weighted by Crippen LogP contribution is -1.99. The van der Waals surface area contributed by atoms with Crippen LogP contribution in [-0.2, 0) is 0 Å². The fourth-order valence-corrected chi connectivity index (χ4v) is 1.23. The topological polar surface area (TPSA) is 38.3 Å². The van der Waals surface area contributed by atoms with E-state index in [1.165, 1.54) is 0 Å². The van der Waals surface area contributed by atoms with Crippen LogP contribution in [0.3, 0.4) is 0 Å². The fourth-order valence-electron chi connectivity index (χ4n) is 0.915. The molecular formula is C9H10INO2. The van der Waals surface area contributed by atoms with Crippen LogP contribution in [0.4, 0.5) is 10.5 Å². The minimum atomic E-state index is -0.0956. The standard InChI is InChI=1S/C9H10INO2/c1-2-13-8-5-3-7(4-6-8)11-9(10)12/h3-6H,2H2,1H3,(H,11,12). The van der Waals surface area contributed by atoms with E-state index >= 15 is 0 Å². The smallest absolute Gasteiger partial charge is 0.284 e. The third-order valence-electron chi connectivity index (χ3n) is 1.41. The molecule has 0 spiro atoms. The van der Waals surface area contributed by atoms with Gasteiger partial charge in [0, 0.05) is 28.3 Å². The fraction of sp³-hybridized carbons (Fsp3) is 0.222. The van der Waals surface area contributed by atoms with Crippen molar-refractivity contribution in [3.63, 3.8) is 0 Å². The van der Waals surface area contributed by atoms with E-state index in [1.54, 1.807) is 22.6 Å². The number of anilines is 1. The van der Waals surface area contributed by atoms with Gasteiger partial charge in [0.25, 0.3) is 3.91 Å². The van der Waals surface area contributed by atoms with Crippen molar-refractivity contribution in [2.75, 3.05) is 11.9 Å². The molecule has 0 aliphatic carbocycles. The van der Waals surface area contributed by atoms with Gasteiger partial charge in [-0.2, -0.15) is 0 Å². The molecule has 0 aliphatic heterocycles. The summed E-state index contributed by atoms with van der Waals surface area (Å²) in [6, 6.07) is 7.26. The van der Waals surface area contributed by atoms with E-state index in [4.69, 9.17) is 4.74 Å². The van der Waals surface area contributed by atoms with Gasteiger partial charge in [-0.3, -0.25) is 4.79 Å². The summed E-state index contributed by atoms with van der Waals surface area (Å²) in [7, 11) is 0. The lowest BCUT2D eigenvalue weighted by molar-refractivity contribution is 0.272. The number of carbonyl (C=O) groups is 1. The van der Waals surface area contributed by atoms with Crippen LogP contribution in [0, 0.1) is 0 Å². The average Bonchev–Trinajstić information content (AvgIpc) is 2.08. The van der Waals surface area contributed by atoms with Gasteiger partial charge < -0.3 is 10.1 Å². The molecule has 1 N–H and O–H groups in total. The zero-order valence-corrected chi connectivity index (χ0v) is 9.37. The Kier molecular flexibility index (Phi) is 4.01. The first-order valence-electron chi connectivity index (χ1n) is 3.91. The zero-order valence-electron chi connectivity index (χ0n) is 7.21. The molecular weight excluding hydrogens is 281 g/mol. The van der Waals surface area contributed by atoms with Gasteiger partial charge in [-0.25, -0.2) is 0 Å². The van der Waals surface area contributed by atoms with Crippen molar-refractivity contribution in [2.45, 2.75) is 6.92 Å². The molecule has 0 saturated carbocycles. The molecule has 1 amide bonds. The van der Waals surface area contributed by atoms with Gasteiger partial charge >= 0.3 is 0 Å². The van der Waals surface area contributed by atoms with E-state index in [0.29, 0.717) is 6.61 Å². The maximum Gasteiger partial charge on any atom is 0.284 e. The highest BCUT2D eigenvalue weighted by molar-refractivity contribution is 14.1. The molecule has 1 aromatic rings. The van der Waals surface area contributed by atoms with Crippen LogP contribution >= 0.6 is 22.6 Å². The van der Waals surface area contributed by atoms with E-state index in [1.807, 2.05) is 31.2 Å². The molecule has 0 heterocycles. The summed E-state index contributed by atoms with van der Waals surface area (Å²) in [6.07, 6.45) is 0. The molecule has 4 heteroatoms. The Labute approximate surface area is 90.6 Å². The molecule has 0 saturated heterocycles. The molecule has 1 rings (SSSR count). The second kappa shape index (κ2) is 5.06. The predicted molar refractivity (Wildman–Crippen MR) is 60.6 cm³/mol. The molecule has 0 fully saturated rings. The van der Waals surface area contributed by atoms with Crippen LogP contribution in [0.25, 0.3) is 0 Å². The quantitative estimate of drug-likeness (QED) is 0.528. The first kappa shape index (κ1) is 10.3. The SMILES string of the molecule is CCOc1ccc(NC(=O)I)cc1. The average molecular weight is 291 g/mol. The zero-order chi connectivity index (χ0) is 9.68.